The summed E-state index contributed by atoms with van der Waals surface area (Å²) in [6, 6.07) is 0. The minimum absolute atomic E-state index is 0.232. The fourth-order valence-electron chi connectivity index (χ4n) is 2.99. The Balaban J connectivity index is 1.73. The molecule has 2 N–H and O–H groups in total. The van der Waals surface area contributed by atoms with E-state index >= 15 is 0 Å². The minimum Gasteiger partial charge on any atom is -0.477 e. The van der Waals surface area contributed by atoms with Crippen molar-refractivity contribution >= 4 is 39.2 Å². The van der Waals surface area contributed by atoms with Crippen molar-refractivity contribution in [3.8, 4) is 0 Å². The number of aryl methyl sites for hydroxylation is 2. The van der Waals surface area contributed by atoms with Crippen molar-refractivity contribution in [1.29, 1.82) is 0 Å². The van der Waals surface area contributed by atoms with E-state index in [4.69, 9.17) is 0 Å². The maximum absolute atomic E-state index is 11.6. The van der Waals surface area contributed by atoms with E-state index in [1.165, 1.54) is 11.3 Å². The van der Waals surface area contributed by atoms with Gasteiger partial charge in [0.05, 0.1) is 5.39 Å². The first-order valence-corrected chi connectivity index (χ1v) is 8.81. The molecule has 1 fully saturated rings. The standard InChI is InChI=1S/C16H20N4O3S/c1-9-12-14(17-6-4-8-20-7-3-5-11(20)21)18-10(2)19-15(12)24-13(9)16(22)23/h3-8H2,1-2H3,(H,22,23)(H,17,18,19). The number of amides is 1. The summed E-state index contributed by atoms with van der Waals surface area (Å²) >= 11 is 1.18. The molecule has 0 aromatic carbocycles. The number of anilines is 1. The summed E-state index contributed by atoms with van der Waals surface area (Å²) in [7, 11) is 0. The largest absolute Gasteiger partial charge is 0.477 e. The topological polar surface area (TPSA) is 95.4 Å². The summed E-state index contributed by atoms with van der Waals surface area (Å²) < 4.78 is 0. The van der Waals surface area contributed by atoms with Gasteiger partial charge in [-0.15, -0.1) is 11.3 Å². The van der Waals surface area contributed by atoms with Crippen LogP contribution in [0.1, 0.15) is 40.3 Å². The molecule has 3 rings (SSSR count). The van der Waals surface area contributed by atoms with Gasteiger partial charge in [0.15, 0.2) is 0 Å². The van der Waals surface area contributed by atoms with Gasteiger partial charge in [-0.1, -0.05) is 0 Å². The summed E-state index contributed by atoms with van der Waals surface area (Å²) in [6.45, 7) is 5.84. The van der Waals surface area contributed by atoms with Gasteiger partial charge in [-0.2, -0.15) is 0 Å². The summed E-state index contributed by atoms with van der Waals surface area (Å²) in [5.74, 6) is 0.575. The van der Waals surface area contributed by atoms with Gasteiger partial charge >= 0.3 is 5.97 Å². The summed E-state index contributed by atoms with van der Waals surface area (Å²) in [4.78, 5) is 34.6. The maximum atomic E-state index is 11.6. The molecule has 0 saturated carbocycles. The number of likely N-dealkylation sites (tertiary alicyclic amines) is 1. The number of hydrogen-bond donors (Lipinski definition) is 2. The van der Waals surface area contributed by atoms with Gasteiger partial charge in [0.25, 0.3) is 0 Å². The second-order valence-corrected chi connectivity index (χ2v) is 6.92. The zero-order valence-electron chi connectivity index (χ0n) is 13.8. The number of hydrogen-bond acceptors (Lipinski definition) is 6. The van der Waals surface area contributed by atoms with Crippen LogP contribution in [0.4, 0.5) is 5.82 Å². The molecule has 0 radical (unpaired) electrons. The minimum atomic E-state index is -0.938. The SMILES string of the molecule is Cc1nc(NCCCN2CCCC2=O)c2c(C)c(C(=O)O)sc2n1. The van der Waals surface area contributed by atoms with Crippen molar-refractivity contribution in [2.75, 3.05) is 25.0 Å². The predicted molar refractivity (Wildman–Crippen MR) is 92.8 cm³/mol. The van der Waals surface area contributed by atoms with Crippen LogP contribution in [0.3, 0.4) is 0 Å². The molecule has 0 spiro atoms. The average molecular weight is 348 g/mol. The van der Waals surface area contributed by atoms with Gasteiger partial charge < -0.3 is 15.3 Å². The number of nitrogens with zero attached hydrogens (tertiary/aromatic N) is 3. The Morgan fingerprint density at radius 3 is 2.83 bits per heavy atom. The molecule has 0 aliphatic carbocycles. The zero-order chi connectivity index (χ0) is 17.3. The Morgan fingerprint density at radius 2 is 2.17 bits per heavy atom. The number of nitrogens with one attached hydrogen (secondary N) is 1. The van der Waals surface area contributed by atoms with E-state index in [9.17, 15) is 14.7 Å². The first kappa shape index (κ1) is 16.6. The highest BCUT2D eigenvalue weighted by Gasteiger charge is 2.20. The number of carboxylic acids is 1. The lowest BCUT2D eigenvalue weighted by Crippen LogP contribution is -2.27. The molecular weight excluding hydrogens is 328 g/mol. The second-order valence-electron chi connectivity index (χ2n) is 5.93. The molecule has 24 heavy (non-hydrogen) atoms. The van der Waals surface area contributed by atoms with E-state index in [-0.39, 0.29) is 5.91 Å². The fraction of sp³-hybridized carbons (Fsp3) is 0.500. The lowest BCUT2D eigenvalue weighted by Gasteiger charge is -2.15. The van der Waals surface area contributed by atoms with E-state index in [1.54, 1.807) is 13.8 Å². The Kier molecular flexibility index (Phi) is 4.66. The third kappa shape index (κ3) is 3.19. The van der Waals surface area contributed by atoms with Crippen molar-refractivity contribution in [2.24, 2.45) is 0 Å². The lowest BCUT2D eigenvalue weighted by atomic mass is 10.2. The zero-order valence-corrected chi connectivity index (χ0v) is 14.6. The average Bonchev–Trinajstić information content (AvgIpc) is 3.07. The first-order chi connectivity index (χ1) is 11.5. The Bertz CT molecular complexity index is 802. The van der Waals surface area contributed by atoms with Crippen molar-refractivity contribution in [3.63, 3.8) is 0 Å². The molecule has 0 atom stereocenters. The first-order valence-electron chi connectivity index (χ1n) is 8.00. The number of carbonyl (C=O) groups excluding carboxylic acids is 1. The molecule has 8 heteroatoms. The molecule has 2 aromatic heterocycles. The molecule has 0 bridgehead atoms. The van der Waals surface area contributed by atoms with E-state index in [0.29, 0.717) is 39.9 Å². The van der Waals surface area contributed by atoms with Crippen LogP contribution in [0.15, 0.2) is 0 Å². The van der Waals surface area contributed by atoms with E-state index in [0.717, 1.165) is 31.3 Å². The van der Waals surface area contributed by atoms with Crippen LogP contribution < -0.4 is 5.32 Å². The van der Waals surface area contributed by atoms with E-state index in [1.807, 2.05) is 4.90 Å². The molecule has 1 aliphatic heterocycles. The molecular formula is C16H20N4O3S. The van der Waals surface area contributed by atoms with Crippen LogP contribution in [0.2, 0.25) is 0 Å². The van der Waals surface area contributed by atoms with Gasteiger partial charge in [-0.3, -0.25) is 4.79 Å². The molecule has 3 heterocycles. The summed E-state index contributed by atoms with van der Waals surface area (Å²) in [5.41, 5.74) is 0.694. The number of aromatic nitrogens is 2. The monoisotopic (exact) mass is 348 g/mol. The van der Waals surface area contributed by atoms with Gasteiger partial charge in [0.1, 0.15) is 21.3 Å². The van der Waals surface area contributed by atoms with Crippen molar-refractivity contribution in [1.82, 2.24) is 14.9 Å². The summed E-state index contributed by atoms with van der Waals surface area (Å²) in [6.07, 6.45) is 2.43. The molecule has 128 valence electrons. The van der Waals surface area contributed by atoms with Gasteiger partial charge in [-0.05, 0) is 32.3 Å². The number of carboxylic acid groups (broad SMARTS) is 1. The predicted octanol–water partition coefficient (Wildman–Crippen LogP) is 2.43. The maximum Gasteiger partial charge on any atom is 0.346 e. The molecule has 0 unspecified atom stereocenters. The molecule has 1 amide bonds. The van der Waals surface area contributed by atoms with E-state index in [2.05, 4.69) is 15.3 Å². The molecule has 1 aliphatic rings. The Morgan fingerprint density at radius 1 is 1.38 bits per heavy atom. The van der Waals surface area contributed by atoms with Crippen LogP contribution in [0.5, 0.6) is 0 Å². The Hall–Kier alpha value is -2.22. The van der Waals surface area contributed by atoms with Crippen LogP contribution in [-0.4, -0.2) is 51.5 Å². The molecule has 1 saturated heterocycles. The van der Waals surface area contributed by atoms with Crippen LogP contribution >= 0.6 is 11.3 Å². The number of rotatable bonds is 6. The second kappa shape index (κ2) is 6.72. The number of fused-ring (bicyclic) bond motifs is 1. The molecule has 7 nitrogen and oxygen atoms in total. The number of carbonyl (C=O) groups is 2. The highest BCUT2D eigenvalue weighted by Crippen LogP contribution is 2.33. The van der Waals surface area contributed by atoms with E-state index < -0.39 is 5.97 Å². The van der Waals surface area contributed by atoms with Gasteiger partial charge in [0, 0.05) is 26.1 Å². The smallest absolute Gasteiger partial charge is 0.346 e. The summed E-state index contributed by atoms with van der Waals surface area (Å²) in [5, 5.41) is 13.4. The third-order valence-electron chi connectivity index (χ3n) is 4.16. The highest BCUT2D eigenvalue weighted by atomic mass is 32.1. The van der Waals surface area contributed by atoms with Crippen molar-refractivity contribution in [3.05, 3.63) is 16.3 Å². The van der Waals surface area contributed by atoms with Gasteiger partial charge in [0.2, 0.25) is 5.91 Å². The van der Waals surface area contributed by atoms with Gasteiger partial charge in [-0.25, -0.2) is 14.8 Å². The van der Waals surface area contributed by atoms with Crippen LogP contribution in [-0.2, 0) is 4.79 Å². The number of aromatic carboxylic acids is 1. The molecule has 2 aromatic rings. The Labute approximate surface area is 143 Å². The van der Waals surface area contributed by atoms with Crippen LogP contribution in [0, 0.1) is 13.8 Å². The lowest BCUT2D eigenvalue weighted by molar-refractivity contribution is -0.127. The van der Waals surface area contributed by atoms with Crippen LogP contribution in [0.25, 0.3) is 10.2 Å². The number of thiophene rings is 1. The van der Waals surface area contributed by atoms with Crippen molar-refractivity contribution in [2.45, 2.75) is 33.1 Å². The fourth-order valence-corrected chi connectivity index (χ4v) is 4.06. The third-order valence-corrected chi connectivity index (χ3v) is 5.34. The normalized spacial score (nSPS) is 14.6. The van der Waals surface area contributed by atoms with Crippen molar-refractivity contribution < 1.29 is 14.7 Å². The quantitative estimate of drug-likeness (QED) is 0.779. The highest BCUT2D eigenvalue weighted by molar-refractivity contribution is 7.20.